The molecule has 78 valence electrons. The van der Waals surface area contributed by atoms with Gasteiger partial charge < -0.3 is 10.5 Å². The number of ether oxygens (including phenoxy) is 1. The van der Waals surface area contributed by atoms with Gasteiger partial charge in [-0.1, -0.05) is 26.2 Å². The molecule has 3 unspecified atom stereocenters. The van der Waals surface area contributed by atoms with Crippen LogP contribution < -0.4 is 5.73 Å². The van der Waals surface area contributed by atoms with Crippen molar-refractivity contribution < 1.29 is 4.74 Å². The zero-order chi connectivity index (χ0) is 9.68. The van der Waals surface area contributed by atoms with E-state index in [9.17, 15) is 0 Å². The summed E-state index contributed by atoms with van der Waals surface area (Å²) in [5, 5.41) is 0. The average molecular weight is 185 g/mol. The number of rotatable bonds is 5. The lowest BCUT2D eigenvalue weighted by Gasteiger charge is -2.21. The minimum Gasteiger partial charge on any atom is -0.378 e. The second-order valence-corrected chi connectivity index (χ2v) is 4.19. The van der Waals surface area contributed by atoms with E-state index in [0.29, 0.717) is 18.1 Å². The van der Waals surface area contributed by atoms with E-state index < -0.39 is 0 Å². The standard InChI is InChI=1S/C11H23NO/c1-3-4-5-6-11(12)10-7-8-13-9(10)2/h9-11H,3-8,12H2,1-2H3. The molecule has 1 heterocycles. The van der Waals surface area contributed by atoms with Crippen molar-refractivity contribution >= 4 is 0 Å². The maximum absolute atomic E-state index is 6.13. The van der Waals surface area contributed by atoms with E-state index in [1.54, 1.807) is 0 Å². The lowest BCUT2D eigenvalue weighted by atomic mass is 9.90. The molecule has 0 aromatic rings. The fraction of sp³-hybridized carbons (Fsp3) is 1.00. The minimum absolute atomic E-state index is 0.365. The van der Waals surface area contributed by atoms with Crippen LogP contribution in [0.2, 0.25) is 0 Å². The summed E-state index contributed by atoms with van der Waals surface area (Å²) in [6.45, 7) is 5.29. The zero-order valence-electron chi connectivity index (χ0n) is 8.96. The van der Waals surface area contributed by atoms with Gasteiger partial charge in [-0.3, -0.25) is 0 Å². The molecule has 1 fully saturated rings. The highest BCUT2D eigenvalue weighted by atomic mass is 16.5. The number of hydrogen-bond acceptors (Lipinski definition) is 2. The van der Waals surface area contributed by atoms with E-state index >= 15 is 0 Å². The van der Waals surface area contributed by atoms with Crippen LogP contribution >= 0.6 is 0 Å². The van der Waals surface area contributed by atoms with E-state index in [1.807, 2.05) is 0 Å². The molecular formula is C11H23NO. The van der Waals surface area contributed by atoms with Gasteiger partial charge in [0.2, 0.25) is 0 Å². The van der Waals surface area contributed by atoms with Gasteiger partial charge in [0.15, 0.2) is 0 Å². The second kappa shape index (κ2) is 5.61. The van der Waals surface area contributed by atoms with E-state index in [1.165, 1.54) is 25.7 Å². The van der Waals surface area contributed by atoms with Gasteiger partial charge in [-0.25, -0.2) is 0 Å². The van der Waals surface area contributed by atoms with Crippen LogP contribution in [0, 0.1) is 5.92 Å². The van der Waals surface area contributed by atoms with Crippen LogP contribution in [0.5, 0.6) is 0 Å². The zero-order valence-corrected chi connectivity index (χ0v) is 8.96. The van der Waals surface area contributed by atoms with Gasteiger partial charge in [0, 0.05) is 18.6 Å². The molecule has 0 aromatic carbocycles. The van der Waals surface area contributed by atoms with Crippen molar-refractivity contribution in [3.63, 3.8) is 0 Å². The second-order valence-electron chi connectivity index (χ2n) is 4.19. The van der Waals surface area contributed by atoms with Crippen LogP contribution in [0.4, 0.5) is 0 Å². The summed E-state index contributed by atoms with van der Waals surface area (Å²) in [7, 11) is 0. The maximum Gasteiger partial charge on any atom is 0.0590 e. The van der Waals surface area contributed by atoms with E-state index in [4.69, 9.17) is 10.5 Å². The smallest absolute Gasteiger partial charge is 0.0590 e. The van der Waals surface area contributed by atoms with Crippen LogP contribution in [0.3, 0.4) is 0 Å². The van der Waals surface area contributed by atoms with Crippen LogP contribution in [-0.2, 0) is 4.74 Å². The summed E-state index contributed by atoms with van der Waals surface area (Å²) in [5.74, 6) is 0.608. The SMILES string of the molecule is CCCCCC(N)C1CCOC1C. The predicted molar refractivity (Wildman–Crippen MR) is 55.6 cm³/mol. The van der Waals surface area contributed by atoms with Crippen molar-refractivity contribution in [2.45, 2.75) is 58.1 Å². The first-order valence-corrected chi connectivity index (χ1v) is 5.63. The topological polar surface area (TPSA) is 35.2 Å². The van der Waals surface area contributed by atoms with Crippen LogP contribution in [-0.4, -0.2) is 18.8 Å². The first-order valence-electron chi connectivity index (χ1n) is 5.63. The van der Waals surface area contributed by atoms with Gasteiger partial charge in [-0.05, 0) is 19.8 Å². The van der Waals surface area contributed by atoms with E-state index in [2.05, 4.69) is 13.8 Å². The van der Waals surface area contributed by atoms with Crippen molar-refractivity contribution in [2.75, 3.05) is 6.61 Å². The number of hydrogen-bond donors (Lipinski definition) is 1. The van der Waals surface area contributed by atoms with Gasteiger partial charge in [0.05, 0.1) is 6.10 Å². The monoisotopic (exact) mass is 185 g/mol. The molecule has 0 aliphatic carbocycles. The molecule has 1 aliphatic rings. The van der Waals surface area contributed by atoms with Crippen LogP contribution in [0.25, 0.3) is 0 Å². The quantitative estimate of drug-likeness (QED) is 0.667. The molecule has 13 heavy (non-hydrogen) atoms. The van der Waals surface area contributed by atoms with Crippen molar-refractivity contribution in [3.05, 3.63) is 0 Å². The highest BCUT2D eigenvalue weighted by Gasteiger charge is 2.28. The third kappa shape index (κ3) is 3.28. The molecule has 1 rings (SSSR count). The fourth-order valence-corrected chi connectivity index (χ4v) is 2.15. The van der Waals surface area contributed by atoms with Gasteiger partial charge in [-0.15, -0.1) is 0 Å². The molecule has 0 saturated carbocycles. The first-order chi connectivity index (χ1) is 6.25. The lowest BCUT2D eigenvalue weighted by Crippen LogP contribution is -2.34. The predicted octanol–water partition coefficient (Wildman–Crippen LogP) is 2.32. The number of unbranched alkanes of at least 4 members (excludes halogenated alkanes) is 2. The molecular weight excluding hydrogens is 162 g/mol. The summed E-state index contributed by atoms with van der Waals surface area (Å²) in [6, 6.07) is 0.365. The summed E-state index contributed by atoms with van der Waals surface area (Å²) in [6.07, 6.45) is 6.59. The highest BCUT2D eigenvalue weighted by Crippen LogP contribution is 2.25. The summed E-state index contributed by atoms with van der Waals surface area (Å²) in [5.41, 5.74) is 6.13. The highest BCUT2D eigenvalue weighted by molar-refractivity contribution is 4.81. The average Bonchev–Trinajstić information content (AvgIpc) is 2.52. The molecule has 2 nitrogen and oxygen atoms in total. The molecule has 0 amide bonds. The normalized spacial score (nSPS) is 30.7. The molecule has 2 heteroatoms. The van der Waals surface area contributed by atoms with Crippen molar-refractivity contribution in [3.8, 4) is 0 Å². The molecule has 0 bridgehead atoms. The van der Waals surface area contributed by atoms with Crippen LogP contribution in [0.1, 0.15) is 46.0 Å². The fourth-order valence-electron chi connectivity index (χ4n) is 2.15. The summed E-state index contributed by atoms with van der Waals surface area (Å²) < 4.78 is 5.51. The molecule has 0 radical (unpaired) electrons. The van der Waals surface area contributed by atoms with Gasteiger partial charge in [0.25, 0.3) is 0 Å². The number of nitrogens with two attached hydrogens (primary N) is 1. The molecule has 0 spiro atoms. The van der Waals surface area contributed by atoms with Gasteiger partial charge in [0.1, 0.15) is 0 Å². The Bertz CT molecular complexity index is 138. The first kappa shape index (κ1) is 11.0. The Morgan fingerprint density at radius 3 is 2.77 bits per heavy atom. The Kier molecular flexibility index (Phi) is 4.74. The third-order valence-electron chi connectivity index (χ3n) is 3.13. The molecule has 1 aliphatic heterocycles. The Labute approximate surface area is 81.8 Å². The van der Waals surface area contributed by atoms with Crippen molar-refractivity contribution in [2.24, 2.45) is 11.7 Å². The van der Waals surface area contributed by atoms with Gasteiger partial charge >= 0.3 is 0 Å². The molecule has 3 atom stereocenters. The van der Waals surface area contributed by atoms with Gasteiger partial charge in [-0.2, -0.15) is 0 Å². The molecule has 1 saturated heterocycles. The Hall–Kier alpha value is -0.0800. The van der Waals surface area contributed by atoms with E-state index in [-0.39, 0.29) is 0 Å². The summed E-state index contributed by atoms with van der Waals surface area (Å²) in [4.78, 5) is 0. The maximum atomic E-state index is 6.13. The largest absolute Gasteiger partial charge is 0.378 e. The summed E-state index contributed by atoms with van der Waals surface area (Å²) >= 11 is 0. The Morgan fingerprint density at radius 2 is 2.23 bits per heavy atom. The Morgan fingerprint density at radius 1 is 1.46 bits per heavy atom. The van der Waals surface area contributed by atoms with E-state index in [0.717, 1.165) is 13.0 Å². The Balaban J connectivity index is 2.18. The third-order valence-corrected chi connectivity index (χ3v) is 3.13. The van der Waals surface area contributed by atoms with Crippen molar-refractivity contribution in [1.82, 2.24) is 0 Å². The van der Waals surface area contributed by atoms with Crippen molar-refractivity contribution in [1.29, 1.82) is 0 Å². The molecule has 2 N–H and O–H groups in total. The molecule has 0 aromatic heterocycles. The lowest BCUT2D eigenvalue weighted by molar-refractivity contribution is 0.0984. The van der Waals surface area contributed by atoms with Crippen LogP contribution in [0.15, 0.2) is 0 Å². The minimum atomic E-state index is 0.365.